The molecule has 9 nitrogen and oxygen atoms in total. The van der Waals surface area contributed by atoms with Gasteiger partial charge in [0, 0.05) is 11.8 Å². The molecule has 0 bridgehead atoms. The maximum atomic E-state index is 12.9. The zero-order valence-corrected chi connectivity index (χ0v) is 25.2. The number of nitrogens with one attached hydrogen (secondary N) is 2. The summed E-state index contributed by atoms with van der Waals surface area (Å²) in [4.78, 5) is 12.8. The molecular weight excluding hydrogens is 576 g/mol. The highest BCUT2D eigenvalue weighted by atomic mass is 32.2. The van der Waals surface area contributed by atoms with Gasteiger partial charge in [-0.2, -0.15) is 16.8 Å². The van der Waals surface area contributed by atoms with E-state index in [-0.39, 0.29) is 44.5 Å². The molecule has 42 heavy (non-hydrogen) atoms. The van der Waals surface area contributed by atoms with E-state index in [1.54, 1.807) is 42.5 Å². The van der Waals surface area contributed by atoms with Crippen molar-refractivity contribution in [1.29, 1.82) is 0 Å². The lowest BCUT2D eigenvalue weighted by molar-refractivity contribution is 0.262. The van der Waals surface area contributed by atoms with Gasteiger partial charge in [0.1, 0.15) is 15.5 Å². The van der Waals surface area contributed by atoms with E-state index in [0.717, 1.165) is 11.1 Å². The smallest absolute Gasteiger partial charge is 0.339 e. The maximum absolute atomic E-state index is 12.9. The first-order chi connectivity index (χ1) is 19.8. The topological polar surface area (TPSA) is 128 Å². The van der Waals surface area contributed by atoms with Crippen LogP contribution in [0.15, 0.2) is 107 Å². The molecule has 2 amide bonds. The zero-order chi connectivity index (χ0) is 30.5. The molecule has 4 rings (SSSR count). The molecule has 11 heteroatoms. The van der Waals surface area contributed by atoms with Crippen LogP contribution in [0.2, 0.25) is 0 Å². The van der Waals surface area contributed by atoms with Crippen LogP contribution in [-0.2, 0) is 20.2 Å². The number of benzene rings is 4. The van der Waals surface area contributed by atoms with Gasteiger partial charge in [-0.05, 0) is 71.5 Å². The van der Waals surface area contributed by atoms with E-state index in [0.29, 0.717) is 0 Å². The largest absolute Gasteiger partial charge is 0.379 e. The fourth-order valence-corrected chi connectivity index (χ4v) is 5.80. The van der Waals surface area contributed by atoms with Gasteiger partial charge in [0.15, 0.2) is 5.75 Å². The predicted molar refractivity (Wildman–Crippen MR) is 162 cm³/mol. The Morgan fingerprint density at radius 1 is 0.619 bits per heavy atom. The van der Waals surface area contributed by atoms with Crippen LogP contribution in [0.25, 0.3) is 0 Å². The Balaban J connectivity index is 1.44. The Morgan fingerprint density at radius 2 is 1.14 bits per heavy atom. The summed E-state index contributed by atoms with van der Waals surface area (Å²) in [6.07, 6.45) is 0. The van der Waals surface area contributed by atoms with Gasteiger partial charge >= 0.3 is 26.3 Å². The SMILES string of the molecule is CC(C)c1ccc(S(=O)(=O)Oc2cccc(NC(=O)Nc3ccccc3OS(=O)(=O)c3ccc(C(C)C)cc3)c2)cc1. The molecule has 220 valence electrons. The summed E-state index contributed by atoms with van der Waals surface area (Å²) in [6, 6.07) is 24.1. The number of para-hydroxylation sites is 2. The number of hydrogen-bond donors (Lipinski definition) is 2. The van der Waals surface area contributed by atoms with E-state index in [1.165, 1.54) is 54.6 Å². The highest BCUT2D eigenvalue weighted by Crippen LogP contribution is 2.29. The lowest BCUT2D eigenvalue weighted by Gasteiger charge is -2.14. The second-order valence-corrected chi connectivity index (χ2v) is 13.2. The summed E-state index contributed by atoms with van der Waals surface area (Å²) >= 11 is 0. The quantitative estimate of drug-likeness (QED) is 0.184. The lowest BCUT2D eigenvalue weighted by atomic mass is 10.0. The molecule has 2 N–H and O–H groups in total. The van der Waals surface area contributed by atoms with E-state index in [9.17, 15) is 21.6 Å². The number of rotatable bonds is 10. The lowest BCUT2D eigenvalue weighted by Crippen LogP contribution is -2.20. The maximum Gasteiger partial charge on any atom is 0.339 e. The minimum Gasteiger partial charge on any atom is -0.379 e. The number of hydrogen-bond acceptors (Lipinski definition) is 7. The zero-order valence-electron chi connectivity index (χ0n) is 23.6. The number of urea groups is 1. The van der Waals surface area contributed by atoms with Gasteiger partial charge in [0.05, 0.1) is 5.69 Å². The van der Waals surface area contributed by atoms with Crippen LogP contribution >= 0.6 is 0 Å². The summed E-state index contributed by atoms with van der Waals surface area (Å²) < 4.78 is 62.0. The minimum atomic E-state index is -4.17. The fourth-order valence-electron chi connectivity index (χ4n) is 3.93. The van der Waals surface area contributed by atoms with Crippen LogP contribution in [0, 0.1) is 0 Å². The molecule has 0 atom stereocenters. The van der Waals surface area contributed by atoms with Crippen molar-refractivity contribution < 1.29 is 30.0 Å². The monoisotopic (exact) mass is 608 g/mol. The van der Waals surface area contributed by atoms with Gasteiger partial charge in [-0.15, -0.1) is 0 Å². The van der Waals surface area contributed by atoms with E-state index in [1.807, 2.05) is 27.7 Å². The summed E-state index contributed by atoms with van der Waals surface area (Å²) in [6.45, 7) is 8.03. The third kappa shape index (κ3) is 7.68. The van der Waals surface area contributed by atoms with E-state index in [2.05, 4.69) is 10.6 Å². The van der Waals surface area contributed by atoms with Gasteiger partial charge in [0.2, 0.25) is 0 Å². The average molecular weight is 609 g/mol. The third-order valence-corrected chi connectivity index (χ3v) is 8.81. The first-order valence-electron chi connectivity index (χ1n) is 13.2. The summed E-state index contributed by atoms with van der Waals surface area (Å²) in [7, 11) is -8.27. The van der Waals surface area contributed by atoms with Gasteiger partial charge in [-0.1, -0.05) is 70.2 Å². The Bertz CT molecular complexity index is 1770. The Labute approximate surface area is 246 Å². The molecule has 0 aliphatic carbocycles. The van der Waals surface area contributed by atoms with Crippen molar-refractivity contribution in [3.8, 4) is 11.5 Å². The molecule has 0 aliphatic rings. The van der Waals surface area contributed by atoms with Crippen LogP contribution in [0.3, 0.4) is 0 Å². The molecule has 0 unspecified atom stereocenters. The summed E-state index contributed by atoms with van der Waals surface area (Å²) in [5.41, 5.74) is 2.33. The molecule has 0 aliphatic heterocycles. The van der Waals surface area contributed by atoms with Gasteiger partial charge < -0.3 is 19.0 Å². The predicted octanol–water partition coefficient (Wildman–Crippen LogP) is 7.11. The molecule has 4 aromatic carbocycles. The number of carbonyl (C=O) groups excluding carboxylic acids is 1. The number of amides is 2. The second-order valence-electron chi connectivity index (χ2n) is 10.1. The molecule has 0 saturated heterocycles. The standard InChI is InChI=1S/C31H32N2O7S2/c1-21(2)23-12-16-27(17-13-23)41(35,36)39-26-9-7-8-25(20-26)32-31(34)33-29-10-5-6-11-30(29)40-42(37,38)28-18-14-24(15-19-28)22(3)4/h5-22H,1-4H3,(H2,32,33,34). The Morgan fingerprint density at radius 3 is 1.69 bits per heavy atom. The highest BCUT2D eigenvalue weighted by Gasteiger charge is 2.20. The van der Waals surface area contributed by atoms with Crippen molar-refractivity contribution >= 4 is 37.6 Å². The van der Waals surface area contributed by atoms with E-state index in [4.69, 9.17) is 8.37 Å². The van der Waals surface area contributed by atoms with Crippen LogP contribution in [-0.4, -0.2) is 22.9 Å². The van der Waals surface area contributed by atoms with Crippen LogP contribution in [0.1, 0.15) is 50.7 Å². The Hall–Kier alpha value is -4.35. The van der Waals surface area contributed by atoms with Gasteiger partial charge in [-0.25, -0.2) is 4.79 Å². The van der Waals surface area contributed by atoms with Gasteiger partial charge in [-0.3, -0.25) is 0 Å². The second kappa shape index (κ2) is 12.7. The average Bonchev–Trinajstić information content (AvgIpc) is 2.94. The first-order valence-corrected chi connectivity index (χ1v) is 16.0. The van der Waals surface area contributed by atoms with Crippen molar-refractivity contribution in [2.75, 3.05) is 10.6 Å². The molecule has 0 fully saturated rings. The normalized spacial score (nSPS) is 11.8. The fraction of sp³-hybridized carbons (Fsp3) is 0.194. The van der Waals surface area contributed by atoms with Crippen LogP contribution in [0.4, 0.5) is 16.2 Å². The number of carbonyl (C=O) groups is 1. The summed E-state index contributed by atoms with van der Waals surface area (Å²) in [5.74, 6) is 0.414. The van der Waals surface area contributed by atoms with Crippen molar-refractivity contribution in [2.45, 2.75) is 49.3 Å². The molecule has 4 aromatic rings. The molecule has 0 aromatic heterocycles. The van der Waals surface area contributed by atoms with Gasteiger partial charge in [0.25, 0.3) is 0 Å². The van der Waals surface area contributed by atoms with E-state index < -0.39 is 26.3 Å². The molecule has 0 radical (unpaired) electrons. The third-order valence-electron chi connectivity index (χ3n) is 6.30. The molecule has 0 saturated carbocycles. The van der Waals surface area contributed by atoms with Crippen LogP contribution in [0.5, 0.6) is 11.5 Å². The molecular formula is C31H32N2O7S2. The summed E-state index contributed by atoms with van der Waals surface area (Å²) in [5, 5.41) is 5.15. The van der Waals surface area contributed by atoms with Crippen molar-refractivity contribution in [1.82, 2.24) is 0 Å². The Kier molecular flexibility index (Phi) is 9.23. The van der Waals surface area contributed by atoms with Crippen molar-refractivity contribution in [3.05, 3.63) is 108 Å². The molecule has 0 spiro atoms. The molecule has 0 heterocycles. The number of anilines is 2. The van der Waals surface area contributed by atoms with Crippen molar-refractivity contribution in [2.24, 2.45) is 0 Å². The first kappa shape index (κ1) is 30.6. The van der Waals surface area contributed by atoms with Crippen LogP contribution < -0.4 is 19.0 Å². The minimum absolute atomic E-state index is 0.000881. The van der Waals surface area contributed by atoms with E-state index >= 15 is 0 Å². The highest BCUT2D eigenvalue weighted by molar-refractivity contribution is 7.87. The van der Waals surface area contributed by atoms with Crippen molar-refractivity contribution in [3.63, 3.8) is 0 Å².